The molecular weight excluding hydrogens is 375 g/mol. The molecule has 7 heteroatoms. The van der Waals surface area contributed by atoms with E-state index < -0.39 is 4.33 Å². The zero-order valence-electron chi connectivity index (χ0n) is 14.2. The number of nitrogens with zero attached hydrogens (tertiary/aromatic N) is 1. The van der Waals surface area contributed by atoms with Gasteiger partial charge < -0.3 is 15.0 Å². The molecule has 1 aromatic carbocycles. The minimum Gasteiger partial charge on any atom is -0.447 e. The van der Waals surface area contributed by atoms with E-state index in [1.807, 2.05) is 23.1 Å². The highest BCUT2D eigenvalue weighted by atomic mass is 35.5. The van der Waals surface area contributed by atoms with Crippen LogP contribution in [0.3, 0.4) is 0 Å². The Kier molecular flexibility index (Phi) is 3.40. The summed E-state index contributed by atoms with van der Waals surface area (Å²) in [6.45, 7) is 1.62. The summed E-state index contributed by atoms with van der Waals surface area (Å²) in [6.07, 6.45) is 1.69. The van der Waals surface area contributed by atoms with E-state index in [-0.39, 0.29) is 34.8 Å². The second-order valence-corrected chi connectivity index (χ2v) is 9.52. The van der Waals surface area contributed by atoms with Gasteiger partial charge in [-0.05, 0) is 24.8 Å². The van der Waals surface area contributed by atoms with E-state index in [1.54, 1.807) is 0 Å². The molecule has 2 saturated carbocycles. The summed E-state index contributed by atoms with van der Waals surface area (Å²) >= 11 is 13.4. The predicted molar refractivity (Wildman–Crippen MR) is 97.2 cm³/mol. The minimum absolute atomic E-state index is 0.0555. The van der Waals surface area contributed by atoms with E-state index in [2.05, 4.69) is 17.4 Å². The van der Waals surface area contributed by atoms with Crippen molar-refractivity contribution in [1.82, 2.24) is 10.2 Å². The van der Waals surface area contributed by atoms with Gasteiger partial charge in [0.15, 0.2) is 0 Å². The lowest BCUT2D eigenvalue weighted by molar-refractivity contribution is -0.142. The van der Waals surface area contributed by atoms with Crippen LogP contribution in [-0.4, -0.2) is 46.5 Å². The van der Waals surface area contributed by atoms with Crippen LogP contribution in [0.2, 0.25) is 0 Å². The Morgan fingerprint density at radius 3 is 2.58 bits per heavy atom. The van der Waals surface area contributed by atoms with Crippen LogP contribution in [0, 0.1) is 11.8 Å². The third-order valence-electron chi connectivity index (χ3n) is 6.79. The number of cyclic esters (lactones) is 1. The molecule has 2 unspecified atom stereocenters. The van der Waals surface area contributed by atoms with E-state index in [4.69, 9.17) is 27.9 Å². The summed E-state index contributed by atoms with van der Waals surface area (Å²) < 4.78 is 4.17. The second kappa shape index (κ2) is 5.29. The average Bonchev–Trinajstić information content (AvgIpc) is 2.89. The number of amides is 2. The van der Waals surface area contributed by atoms with Crippen molar-refractivity contribution in [2.45, 2.75) is 34.5 Å². The number of likely N-dealkylation sites (tertiary alicyclic amines) is 1. The number of carbonyl (C=O) groups is 2. The first-order valence-electron chi connectivity index (χ1n) is 9.05. The number of nitrogens with one attached hydrogen (secondary N) is 1. The second-order valence-electron chi connectivity index (χ2n) is 8.13. The Bertz CT molecular complexity index is 778. The molecule has 138 valence electrons. The van der Waals surface area contributed by atoms with Gasteiger partial charge in [-0.25, -0.2) is 4.79 Å². The number of halogens is 2. The Morgan fingerprint density at radius 1 is 1.23 bits per heavy atom. The number of hydrogen-bond donors (Lipinski definition) is 1. The molecule has 2 heterocycles. The molecule has 1 N–H and O–H groups in total. The van der Waals surface area contributed by atoms with Crippen molar-refractivity contribution in [3.05, 3.63) is 35.9 Å². The Morgan fingerprint density at radius 2 is 1.96 bits per heavy atom. The molecular formula is C19H20Cl2N2O3. The van der Waals surface area contributed by atoms with Crippen LogP contribution in [0.4, 0.5) is 4.79 Å². The van der Waals surface area contributed by atoms with Crippen molar-refractivity contribution in [3.8, 4) is 0 Å². The van der Waals surface area contributed by atoms with E-state index in [0.717, 1.165) is 12.0 Å². The maximum absolute atomic E-state index is 12.9. The van der Waals surface area contributed by atoms with Crippen LogP contribution < -0.4 is 5.32 Å². The standard InChI is InChI=1S/C19H20Cl2N2O3/c20-19(21)14-10-23(7-6-18(14,19)13-4-2-1-3-5-13)15(24)12-8-17(9-12)11-26-16(25)22-17/h1-5,12,14H,6-11H2,(H,22,25)/t12-,14?,17+,18?. The Labute approximate surface area is 162 Å². The number of benzene rings is 1. The first kappa shape index (κ1) is 16.7. The minimum atomic E-state index is -0.822. The van der Waals surface area contributed by atoms with Crippen LogP contribution in [0.5, 0.6) is 0 Å². The first-order valence-corrected chi connectivity index (χ1v) is 9.81. The van der Waals surface area contributed by atoms with Gasteiger partial charge >= 0.3 is 6.09 Å². The van der Waals surface area contributed by atoms with Gasteiger partial charge in [-0.2, -0.15) is 0 Å². The van der Waals surface area contributed by atoms with Gasteiger partial charge in [0.1, 0.15) is 10.9 Å². The van der Waals surface area contributed by atoms with Gasteiger partial charge in [0, 0.05) is 30.3 Å². The molecule has 0 bridgehead atoms. The zero-order chi connectivity index (χ0) is 18.2. The number of ether oxygens (including phenoxy) is 1. The van der Waals surface area contributed by atoms with Crippen LogP contribution in [-0.2, 0) is 14.9 Å². The molecule has 2 saturated heterocycles. The SMILES string of the molecule is O=C1N[C@]2(CO1)C[C@H](C(=O)N1CCC3(c4ccccc4)C(C1)C3(Cl)Cl)C2. The third-order valence-corrected chi connectivity index (χ3v) is 8.00. The summed E-state index contributed by atoms with van der Waals surface area (Å²) in [5, 5.41) is 2.84. The molecule has 2 atom stereocenters. The van der Waals surface area contributed by atoms with Crippen LogP contribution >= 0.6 is 23.2 Å². The van der Waals surface area contributed by atoms with Crippen LogP contribution in [0.25, 0.3) is 0 Å². The Hall–Kier alpha value is -1.46. The van der Waals surface area contributed by atoms with Gasteiger partial charge in [0.05, 0.1) is 5.54 Å². The molecule has 2 aliphatic carbocycles. The van der Waals surface area contributed by atoms with E-state index in [1.165, 1.54) is 0 Å². The summed E-state index contributed by atoms with van der Waals surface area (Å²) in [7, 11) is 0. The molecule has 0 aromatic heterocycles. The van der Waals surface area contributed by atoms with Crippen molar-refractivity contribution in [2.75, 3.05) is 19.7 Å². The summed E-state index contributed by atoms with van der Waals surface area (Å²) in [4.78, 5) is 26.1. The lowest BCUT2D eigenvalue weighted by Gasteiger charge is -2.44. The molecule has 1 spiro atoms. The molecule has 2 amide bonds. The van der Waals surface area contributed by atoms with Gasteiger partial charge in [-0.15, -0.1) is 23.2 Å². The molecule has 4 aliphatic rings. The molecule has 2 aliphatic heterocycles. The third kappa shape index (κ3) is 2.10. The van der Waals surface area contributed by atoms with Crippen molar-refractivity contribution in [2.24, 2.45) is 11.8 Å². The summed E-state index contributed by atoms with van der Waals surface area (Å²) in [6, 6.07) is 10.2. The fourth-order valence-electron chi connectivity index (χ4n) is 5.27. The summed E-state index contributed by atoms with van der Waals surface area (Å²) in [5.41, 5.74) is 0.585. The Balaban J connectivity index is 1.27. The van der Waals surface area contributed by atoms with E-state index in [9.17, 15) is 9.59 Å². The fraction of sp³-hybridized carbons (Fsp3) is 0.579. The first-order chi connectivity index (χ1) is 12.4. The summed E-state index contributed by atoms with van der Waals surface area (Å²) in [5.74, 6) is 0.150. The number of carbonyl (C=O) groups excluding carboxylic acids is 2. The van der Waals surface area contributed by atoms with Gasteiger partial charge in [0.2, 0.25) is 5.91 Å². The highest BCUT2D eigenvalue weighted by Gasteiger charge is 2.77. The number of piperidine rings is 1. The number of rotatable bonds is 2. The van der Waals surface area contributed by atoms with Crippen molar-refractivity contribution >= 4 is 35.2 Å². The largest absolute Gasteiger partial charge is 0.447 e. The van der Waals surface area contributed by atoms with Gasteiger partial charge in [-0.3, -0.25) is 4.79 Å². The van der Waals surface area contributed by atoms with Crippen molar-refractivity contribution in [1.29, 1.82) is 0 Å². The molecule has 5 nitrogen and oxygen atoms in total. The monoisotopic (exact) mass is 394 g/mol. The van der Waals surface area contributed by atoms with E-state index >= 15 is 0 Å². The smallest absolute Gasteiger partial charge is 0.407 e. The van der Waals surface area contributed by atoms with Gasteiger partial charge in [-0.1, -0.05) is 30.3 Å². The van der Waals surface area contributed by atoms with Crippen LogP contribution in [0.1, 0.15) is 24.8 Å². The number of hydrogen-bond acceptors (Lipinski definition) is 3. The van der Waals surface area contributed by atoms with E-state index in [0.29, 0.717) is 32.5 Å². The normalized spacial score (nSPS) is 33.8. The lowest BCUT2D eigenvalue weighted by Crippen LogP contribution is -2.58. The molecule has 0 radical (unpaired) electrons. The zero-order valence-corrected chi connectivity index (χ0v) is 15.7. The average molecular weight is 395 g/mol. The van der Waals surface area contributed by atoms with Crippen molar-refractivity contribution in [3.63, 3.8) is 0 Å². The maximum atomic E-state index is 12.9. The number of fused-ring (bicyclic) bond motifs is 1. The molecule has 5 rings (SSSR count). The molecule has 1 aromatic rings. The predicted octanol–water partition coefficient (Wildman–Crippen LogP) is 2.85. The highest BCUT2D eigenvalue weighted by Crippen LogP contribution is 2.72. The maximum Gasteiger partial charge on any atom is 0.407 e. The molecule has 26 heavy (non-hydrogen) atoms. The van der Waals surface area contributed by atoms with Gasteiger partial charge in [0.25, 0.3) is 0 Å². The molecule has 4 fully saturated rings. The van der Waals surface area contributed by atoms with Crippen molar-refractivity contribution < 1.29 is 14.3 Å². The number of alkyl carbamates (subject to hydrolysis) is 1. The fourth-order valence-corrected chi connectivity index (χ4v) is 6.34. The number of alkyl halides is 2. The quantitative estimate of drug-likeness (QED) is 0.784. The topological polar surface area (TPSA) is 58.6 Å². The lowest BCUT2D eigenvalue weighted by atomic mass is 9.68. The highest BCUT2D eigenvalue weighted by molar-refractivity contribution is 6.52. The van der Waals surface area contributed by atoms with Crippen LogP contribution in [0.15, 0.2) is 30.3 Å².